The van der Waals surface area contributed by atoms with E-state index in [0.717, 1.165) is 0 Å². The van der Waals surface area contributed by atoms with Crippen molar-refractivity contribution >= 4 is 27.6 Å². The molecule has 20 heavy (non-hydrogen) atoms. The summed E-state index contributed by atoms with van der Waals surface area (Å²) in [5.74, 6) is -0.396. The molecule has 0 amide bonds. The average molecular weight is 346 g/mol. The summed E-state index contributed by atoms with van der Waals surface area (Å²) in [6.07, 6.45) is 0. The minimum atomic E-state index is -0.615. The Balaban J connectivity index is 2.58. The summed E-state index contributed by atoms with van der Waals surface area (Å²) in [6, 6.07) is 5.81. The van der Waals surface area contributed by atoms with Crippen molar-refractivity contribution in [3.63, 3.8) is 0 Å². The Bertz CT molecular complexity index is 482. The van der Waals surface area contributed by atoms with E-state index < -0.39 is 15.7 Å². The van der Waals surface area contributed by atoms with Gasteiger partial charge in [0.05, 0.1) is 26.1 Å². The molecule has 1 rings (SSSR count). The summed E-state index contributed by atoms with van der Waals surface area (Å²) in [5.41, 5.74) is 0.623. The van der Waals surface area contributed by atoms with Crippen molar-refractivity contribution in [1.29, 1.82) is 0 Å². The number of ether oxygens (including phenoxy) is 1. The Morgan fingerprint density at radius 1 is 1.35 bits per heavy atom. The first-order chi connectivity index (χ1) is 9.20. The molecule has 0 bridgehead atoms. The van der Waals surface area contributed by atoms with Crippen LogP contribution in [0.2, 0.25) is 0 Å². The molecule has 7 heteroatoms. The van der Waals surface area contributed by atoms with E-state index in [2.05, 4.69) is 15.9 Å². The molecule has 0 heterocycles. The first-order valence-corrected chi connectivity index (χ1v) is 6.98. The number of nitrogens with zero attached hydrogens (tertiary/aromatic N) is 2. The molecule has 0 fully saturated rings. The van der Waals surface area contributed by atoms with Gasteiger partial charge in [0, 0.05) is 12.1 Å². The van der Waals surface area contributed by atoms with Gasteiger partial charge in [-0.3, -0.25) is 14.9 Å². The van der Waals surface area contributed by atoms with E-state index >= 15 is 0 Å². The number of non-ortho nitro benzene ring substituents is 1. The van der Waals surface area contributed by atoms with Crippen LogP contribution in [-0.4, -0.2) is 49.7 Å². The molecular weight excluding hydrogens is 328 g/mol. The van der Waals surface area contributed by atoms with E-state index in [9.17, 15) is 14.9 Å². The maximum atomic E-state index is 11.8. The van der Waals surface area contributed by atoms with Gasteiger partial charge in [-0.25, -0.2) is 0 Å². The predicted octanol–water partition coefficient (Wildman–Crippen LogP) is 2.28. The number of nitro benzene ring substituents is 1. The summed E-state index contributed by atoms with van der Waals surface area (Å²) >= 11 is 3.24. The lowest BCUT2D eigenvalue weighted by Gasteiger charge is -2.23. The van der Waals surface area contributed by atoms with Crippen LogP contribution in [0.3, 0.4) is 0 Å². The van der Waals surface area contributed by atoms with Crippen LogP contribution in [0.25, 0.3) is 0 Å². The number of hydrogen-bond donors (Lipinski definition) is 0. The van der Waals surface area contributed by atoms with Crippen LogP contribution in [0.5, 0.6) is 0 Å². The smallest absolute Gasteiger partial charge is 0.324 e. The molecule has 0 aromatic heterocycles. The highest BCUT2D eigenvalue weighted by Crippen LogP contribution is 2.26. The molecule has 110 valence electrons. The van der Waals surface area contributed by atoms with Crippen molar-refractivity contribution in [2.24, 2.45) is 0 Å². The zero-order chi connectivity index (χ0) is 15.3. The molecule has 1 aromatic rings. The van der Waals surface area contributed by atoms with Gasteiger partial charge in [-0.1, -0.05) is 28.1 Å². The molecule has 0 saturated heterocycles. The standard InChI is InChI=1S/C13H18BrN2O4/c1-16(2,3)8-9-20-13(17)12(14)10-4-6-11(7-5-10)15(18)19/h4-7,12H,8-9H2,1-3H3/q+1. The summed E-state index contributed by atoms with van der Waals surface area (Å²) in [6.45, 7) is 1.04. The molecule has 0 aliphatic carbocycles. The normalized spacial score (nSPS) is 12.8. The Morgan fingerprint density at radius 2 is 1.90 bits per heavy atom. The lowest BCUT2D eigenvalue weighted by molar-refractivity contribution is -0.870. The number of carbonyl (C=O) groups is 1. The second-order valence-corrected chi connectivity index (χ2v) is 6.31. The van der Waals surface area contributed by atoms with Crippen molar-refractivity contribution in [3.05, 3.63) is 39.9 Å². The molecule has 0 aliphatic rings. The third-order valence-electron chi connectivity index (χ3n) is 2.61. The Morgan fingerprint density at radius 3 is 2.35 bits per heavy atom. The summed E-state index contributed by atoms with van der Waals surface area (Å²) in [4.78, 5) is 21.3. The molecular formula is C13H18BrN2O4+. The Hall–Kier alpha value is -1.47. The summed E-state index contributed by atoms with van der Waals surface area (Å²) in [7, 11) is 6.03. The zero-order valence-electron chi connectivity index (χ0n) is 11.7. The van der Waals surface area contributed by atoms with Gasteiger partial charge in [0.1, 0.15) is 18.0 Å². The van der Waals surface area contributed by atoms with Gasteiger partial charge in [-0.05, 0) is 5.56 Å². The predicted molar refractivity (Wildman–Crippen MR) is 78.6 cm³/mol. The van der Waals surface area contributed by atoms with Crippen LogP contribution < -0.4 is 0 Å². The summed E-state index contributed by atoms with van der Waals surface area (Å²) in [5, 5.41) is 10.6. The number of alkyl halides is 1. The highest BCUT2D eigenvalue weighted by Gasteiger charge is 2.20. The third-order valence-corrected chi connectivity index (χ3v) is 3.51. The van der Waals surface area contributed by atoms with Crippen LogP contribution >= 0.6 is 15.9 Å². The van der Waals surface area contributed by atoms with Crippen LogP contribution in [0.15, 0.2) is 24.3 Å². The average Bonchev–Trinajstić information content (AvgIpc) is 2.36. The van der Waals surface area contributed by atoms with Crippen molar-refractivity contribution in [2.75, 3.05) is 34.3 Å². The lowest BCUT2D eigenvalue weighted by Crippen LogP contribution is -2.38. The van der Waals surface area contributed by atoms with Crippen LogP contribution in [0, 0.1) is 10.1 Å². The quantitative estimate of drug-likeness (QED) is 0.261. The largest absolute Gasteiger partial charge is 0.459 e. The molecule has 1 unspecified atom stereocenters. The lowest BCUT2D eigenvalue weighted by atomic mass is 10.1. The first-order valence-electron chi connectivity index (χ1n) is 6.06. The first kappa shape index (κ1) is 16.6. The number of benzene rings is 1. The van der Waals surface area contributed by atoms with Crippen molar-refractivity contribution in [1.82, 2.24) is 0 Å². The van der Waals surface area contributed by atoms with Crippen molar-refractivity contribution in [3.8, 4) is 0 Å². The second kappa shape index (κ2) is 6.81. The maximum absolute atomic E-state index is 11.8. The third kappa shape index (κ3) is 5.26. The summed E-state index contributed by atoms with van der Waals surface area (Å²) < 4.78 is 5.88. The van der Waals surface area contributed by atoms with Crippen molar-refractivity contribution < 1.29 is 18.9 Å². The second-order valence-electron chi connectivity index (χ2n) is 5.39. The van der Waals surface area contributed by atoms with Crippen LogP contribution in [0.4, 0.5) is 5.69 Å². The highest BCUT2D eigenvalue weighted by atomic mass is 79.9. The van der Waals surface area contributed by atoms with Gasteiger partial charge < -0.3 is 9.22 Å². The number of rotatable bonds is 6. The van der Waals surface area contributed by atoms with Gasteiger partial charge in [0.15, 0.2) is 0 Å². The van der Waals surface area contributed by atoms with Crippen molar-refractivity contribution in [2.45, 2.75) is 4.83 Å². The molecule has 0 aliphatic heterocycles. The Labute approximate surface area is 126 Å². The van der Waals surface area contributed by atoms with Gasteiger partial charge >= 0.3 is 5.97 Å². The van der Waals surface area contributed by atoms with Gasteiger partial charge in [-0.2, -0.15) is 0 Å². The maximum Gasteiger partial charge on any atom is 0.324 e. The fourth-order valence-electron chi connectivity index (χ4n) is 1.39. The highest BCUT2D eigenvalue weighted by molar-refractivity contribution is 9.09. The molecule has 1 aromatic carbocycles. The van der Waals surface area contributed by atoms with Gasteiger partial charge in [0.2, 0.25) is 0 Å². The van der Waals surface area contributed by atoms with Crippen LogP contribution in [-0.2, 0) is 9.53 Å². The van der Waals surface area contributed by atoms with E-state index in [1.165, 1.54) is 12.1 Å². The number of likely N-dealkylation sites (N-methyl/N-ethyl adjacent to an activating group) is 1. The fraction of sp³-hybridized carbons (Fsp3) is 0.462. The Kier molecular flexibility index (Phi) is 5.64. The number of carbonyl (C=O) groups excluding carboxylic acids is 1. The molecule has 1 atom stereocenters. The zero-order valence-corrected chi connectivity index (χ0v) is 13.3. The topological polar surface area (TPSA) is 69.4 Å². The number of nitro groups is 1. The number of esters is 1. The van der Waals surface area contributed by atoms with E-state index in [-0.39, 0.29) is 5.69 Å². The molecule has 0 N–H and O–H groups in total. The molecule has 0 spiro atoms. The van der Waals surface area contributed by atoms with E-state index in [0.29, 0.717) is 23.2 Å². The number of quaternary nitrogens is 1. The van der Waals surface area contributed by atoms with E-state index in [1.54, 1.807) is 12.1 Å². The van der Waals surface area contributed by atoms with Gasteiger partial charge in [-0.15, -0.1) is 0 Å². The fourth-order valence-corrected chi connectivity index (χ4v) is 1.83. The van der Waals surface area contributed by atoms with E-state index in [4.69, 9.17) is 4.74 Å². The molecule has 0 radical (unpaired) electrons. The minimum Gasteiger partial charge on any atom is -0.459 e. The number of halogens is 1. The minimum absolute atomic E-state index is 0.00755. The van der Waals surface area contributed by atoms with Gasteiger partial charge in [0.25, 0.3) is 5.69 Å². The van der Waals surface area contributed by atoms with Crippen LogP contribution in [0.1, 0.15) is 10.4 Å². The monoisotopic (exact) mass is 345 g/mol. The SMILES string of the molecule is C[N+](C)(C)CCOC(=O)C(Br)c1ccc([N+](=O)[O-])cc1. The molecule has 0 saturated carbocycles. The number of hydrogen-bond acceptors (Lipinski definition) is 4. The van der Waals surface area contributed by atoms with E-state index in [1.807, 2.05) is 21.1 Å². The molecule has 6 nitrogen and oxygen atoms in total.